The summed E-state index contributed by atoms with van der Waals surface area (Å²) in [5.41, 5.74) is 8.41. The van der Waals surface area contributed by atoms with E-state index in [1.54, 1.807) is 7.11 Å². The number of nitrogens with two attached hydrogens (primary N) is 1. The molecule has 0 bridgehead atoms. The Morgan fingerprint density at radius 1 is 1.14 bits per heavy atom. The van der Waals surface area contributed by atoms with E-state index in [4.69, 9.17) is 22.1 Å². The Kier molecular flexibility index (Phi) is 6.09. The summed E-state index contributed by atoms with van der Waals surface area (Å²) in [6.07, 6.45) is 1.87. The molecule has 1 atom stereocenters. The molecule has 0 heterocycles. The summed E-state index contributed by atoms with van der Waals surface area (Å²) in [6.45, 7) is 0.649. The van der Waals surface area contributed by atoms with Crippen LogP contribution in [0.3, 0.4) is 0 Å². The van der Waals surface area contributed by atoms with E-state index in [1.165, 1.54) is 11.1 Å². The Hall–Kier alpha value is -1.03. The van der Waals surface area contributed by atoms with Gasteiger partial charge < -0.3 is 10.5 Å². The van der Waals surface area contributed by atoms with Crippen LogP contribution in [0.2, 0.25) is 5.02 Å². The smallest absolute Gasteiger partial charge is 0.133 e. The van der Waals surface area contributed by atoms with Gasteiger partial charge in [-0.25, -0.2) is 0 Å². The fraction of sp³-hybridized carbons (Fsp3) is 0.294. The Bertz CT molecular complexity index is 603. The molecular weight excluding hydrogens is 350 g/mol. The number of halogens is 2. The lowest BCUT2D eigenvalue weighted by atomic mass is 9.92. The van der Waals surface area contributed by atoms with Gasteiger partial charge in [-0.1, -0.05) is 29.8 Å². The molecule has 2 aromatic carbocycles. The van der Waals surface area contributed by atoms with Crippen LogP contribution >= 0.6 is 27.5 Å². The Balaban J connectivity index is 2.07. The van der Waals surface area contributed by atoms with Crippen molar-refractivity contribution in [3.63, 3.8) is 0 Å². The maximum absolute atomic E-state index is 6.03. The molecule has 0 aliphatic carbocycles. The average Bonchev–Trinajstić information content (AvgIpc) is 2.47. The molecule has 2 nitrogen and oxygen atoms in total. The molecule has 21 heavy (non-hydrogen) atoms. The van der Waals surface area contributed by atoms with Crippen LogP contribution in [0.5, 0.6) is 5.75 Å². The molecular formula is C17H19BrClNO. The average molecular weight is 369 g/mol. The van der Waals surface area contributed by atoms with Crippen molar-refractivity contribution < 1.29 is 4.74 Å². The minimum absolute atomic E-state index is 0.392. The first-order valence-electron chi connectivity index (χ1n) is 6.89. The zero-order valence-corrected chi connectivity index (χ0v) is 14.3. The third-order valence-corrected chi connectivity index (χ3v) is 4.34. The van der Waals surface area contributed by atoms with Gasteiger partial charge in [0.1, 0.15) is 5.75 Å². The Morgan fingerprint density at radius 2 is 1.86 bits per heavy atom. The number of hydrogen-bond donors (Lipinski definition) is 1. The molecule has 0 saturated heterocycles. The van der Waals surface area contributed by atoms with Crippen LogP contribution in [0.25, 0.3) is 0 Å². The van der Waals surface area contributed by atoms with E-state index in [1.807, 2.05) is 24.3 Å². The van der Waals surface area contributed by atoms with Crippen molar-refractivity contribution in [1.29, 1.82) is 0 Å². The molecule has 0 saturated carbocycles. The predicted octanol–water partition coefficient (Wildman–Crippen LogP) is 4.47. The molecule has 0 aliphatic rings. The highest BCUT2D eigenvalue weighted by atomic mass is 79.9. The minimum atomic E-state index is 0.392. The summed E-state index contributed by atoms with van der Waals surface area (Å²) < 4.78 is 6.23. The zero-order chi connectivity index (χ0) is 15.2. The molecule has 0 radical (unpaired) electrons. The van der Waals surface area contributed by atoms with E-state index in [9.17, 15) is 0 Å². The lowest BCUT2D eigenvalue weighted by Gasteiger charge is -2.16. The van der Waals surface area contributed by atoms with Gasteiger partial charge in [0.25, 0.3) is 0 Å². The van der Waals surface area contributed by atoms with E-state index in [0.717, 1.165) is 28.1 Å². The standard InChI is InChI=1S/C17H19BrClNO/c1-21-17-6-5-13(10-16(17)18)8-14(11-20)7-12-3-2-4-15(19)9-12/h2-6,9-10,14H,7-8,11,20H2,1H3. The highest BCUT2D eigenvalue weighted by Crippen LogP contribution is 2.27. The molecule has 4 heteroatoms. The second kappa shape index (κ2) is 7.83. The summed E-state index contributed by atoms with van der Waals surface area (Å²) in [4.78, 5) is 0. The number of benzene rings is 2. The third kappa shape index (κ3) is 4.73. The summed E-state index contributed by atoms with van der Waals surface area (Å²) >= 11 is 9.56. The quantitative estimate of drug-likeness (QED) is 0.816. The fourth-order valence-corrected chi connectivity index (χ4v) is 3.21. The second-order valence-corrected chi connectivity index (χ2v) is 6.40. The first-order chi connectivity index (χ1) is 10.1. The summed E-state index contributed by atoms with van der Waals surface area (Å²) in [5.74, 6) is 1.24. The maximum Gasteiger partial charge on any atom is 0.133 e. The minimum Gasteiger partial charge on any atom is -0.496 e. The lowest BCUT2D eigenvalue weighted by molar-refractivity contribution is 0.411. The highest BCUT2D eigenvalue weighted by Gasteiger charge is 2.11. The summed E-state index contributed by atoms with van der Waals surface area (Å²) in [5, 5.41) is 0.774. The Labute approximate surface area is 139 Å². The molecule has 0 fully saturated rings. The molecule has 0 spiro atoms. The normalized spacial score (nSPS) is 12.2. The van der Waals surface area contributed by atoms with Crippen LogP contribution in [0.1, 0.15) is 11.1 Å². The molecule has 0 amide bonds. The topological polar surface area (TPSA) is 35.2 Å². The van der Waals surface area contributed by atoms with Crippen molar-refractivity contribution in [1.82, 2.24) is 0 Å². The van der Waals surface area contributed by atoms with Gasteiger partial charge in [-0.15, -0.1) is 0 Å². The molecule has 0 aromatic heterocycles. The van der Waals surface area contributed by atoms with Crippen LogP contribution in [-0.2, 0) is 12.8 Å². The number of methoxy groups -OCH3 is 1. The third-order valence-electron chi connectivity index (χ3n) is 3.49. The molecule has 1 unspecified atom stereocenters. The van der Waals surface area contributed by atoms with Gasteiger partial charge in [-0.05, 0) is 76.6 Å². The zero-order valence-electron chi connectivity index (χ0n) is 12.0. The summed E-state index contributed by atoms with van der Waals surface area (Å²) in [6, 6.07) is 14.1. The molecule has 2 rings (SSSR count). The van der Waals surface area contributed by atoms with E-state index in [-0.39, 0.29) is 0 Å². The molecule has 2 N–H and O–H groups in total. The fourth-order valence-electron chi connectivity index (χ4n) is 2.41. The molecule has 2 aromatic rings. The van der Waals surface area contributed by atoms with Crippen molar-refractivity contribution in [3.05, 3.63) is 63.1 Å². The van der Waals surface area contributed by atoms with Gasteiger partial charge in [-0.3, -0.25) is 0 Å². The van der Waals surface area contributed by atoms with Crippen molar-refractivity contribution in [2.45, 2.75) is 12.8 Å². The maximum atomic E-state index is 6.03. The van der Waals surface area contributed by atoms with Gasteiger partial charge in [0.2, 0.25) is 0 Å². The van der Waals surface area contributed by atoms with Gasteiger partial charge in [0.15, 0.2) is 0 Å². The summed E-state index contributed by atoms with van der Waals surface area (Å²) in [7, 11) is 1.67. The SMILES string of the molecule is COc1ccc(CC(CN)Cc2cccc(Cl)c2)cc1Br. The van der Waals surface area contributed by atoms with Crippen molar-refractivity contribution >= 4 is 27.5 Å². The van der Waals surface area contributed by atoms with Crippen molar-refractivity contribution in [2.24, 2.45) is 11.7 Å². The van der Waals surface area contributed by atoms with Crippen molar-refractivity contribution in [3.8, 4) is 5.75 Å². The highest BCUT2D eigenvalue weighted by molar-refractivity contribution is 9.10. The lowest BCUT2D eigenvalue weighted by Crippen LogP contribution is -2.19. The van der Waals surface area contributed by atoms with Crippen molar-refractivity contribution in [2.75, 3.05) is 13.7 Å². The van der Waals surface area contributed by atoms with E-state index in [2.05, 4.69) is 34.1 Å². The Morgan fingerprint density at radius 3 is 2.43 bits per heavy atom. The van der Waals surface area contributed by atoms with Gasteiger partial charge in [-0.2, -0.15) is 0 Å². The monoisotopic (exact) mass is 367 g/mol. The van der Waals surface area contributed by atoms with Gasteiger partial charge in [0.05, 0.1) is 11.6 Å². The van der Waals surface area contributed by atoms with Crippen LogP contribution < -0.4 is 10.5 Å². The number of hydrogen-bond acceptors (Lipinski definition) is 2. The predicted molar refractivity (Wildman–Crippen MR) is 92.1 cm³/mol. The van der Waals surface area contributed by atoms with E-state index >= 15 is 0 Å². The van der Waals surface area contributed by atoms with Gasteiger partial charge in [0, 0.05) is 5.02 Å². The van der Waals surface area contributed by atoms with E-state index in [0.29, 0.717) is 12.5 Å². The van der Waals surface area contributed by atoms with Gasteiger partial charge >= 0.3 is 0 Å². The van der Waals surface area contributed by atoms with Crippen LogP contribution in [0.4, 0.5) is 0 Å². The number of ether oxygens (including phenoxy) is 1. The van der Waals surface area contributed by atoms with Crippen LogP contribution in [-0.4, -0.2) is 13.7 Å². The second-order valence-electron chi connectivity index (χ2n) is 5.11. The van der Waals surface area contributed by atoms with Crippen LogP contribution in [0.15, 0.2) is 46.9 Å². The molecule has 112 valence electrons. The van der Waals surface area contributed by atoms with Crippen LogP contribution in [0, 0.1) is 5.92 Å². The first kappa shape index (κ1) is 16.3. The largest absolute Gasteiger partial charge is 0.496 e. The molecule has 0 aliphatic heterocycles. The number of rotatable bonds is 6. The van der Waals surface area contributed by atoms with E-state index < -0.39 is 0 Å². The first-order valence-corrected chi connectivity index (χ1v) is 8.06.